The van der Waals surface area contributed by atoms with Gasteiger partial charge in [0.1, 0.15) is 16.9 Å². The summed E-state index contributed by atoms with van der Waals surface area (Å²) in [6.45, 7) is 2.90. The first kappa shape index (κ1) is 17.7. The van der Waals surface area contributed by atoms with Gasteiger partial charge in [0.05, 0.1) is 11.9 Å². The predicted molar refractivity (Wildman–Crippen MR) is 112 cm³/mol. The summed E-state index contributed by atoms with van der Waals surface area (Å²) in [6.07, 6.45) is 7.66. The van der Waals surface area contributed by atoms with Crippen molar-refractivity contribution in [3.63, 3.8) is 0 Å². The van der Waals surface area contributed by atoms with E-state index in [1.807, 2.05) is 37.4 Å². The fraction of sp³-hybridized carbons (Fsp3) is 0.318. The van der Waals surface area contributed by atoms with Crippen LogP contribution in [0.3, 0.4) is 0 Å². The summed E-state index contributed by atoms with van der Waals surface area (Å²) in [4.78, 5) is 35.6. The molecule has 2 aromatic heterocycles. The summed E-state index contributed by atoms with van der Waals surface area (Å²) in [6, 6.07) is 9.92. The fourth-order valence-electron chi connectivity index (χ4n) is 4.57. The lowest BCUT2D eigenvalue weighted by atomic mass is 9.89. The molecule has 1 unspecified atom stereocenters. The summed E-state index contributed by atoms with van der Waals surface area (Å²) in [5, 5.41) is 0. The third-order valence-electron chi connectivity index (χ3n) is 6.10. The van der Waals surface area contributed by atoms with E-state index in [1.54, 1.807) is 23.5 Å². The lowest BCUT2D eigenvalue weighted by Crippen LogP contribution is -2.59. The lowest BCUT2D eigenvalue weighted by molar-refractivity contribution is -0.123. The molecule has 2 aliphatic rings. The molecule has 7 nitrogen and oxygen atoms in total. The van der Waals surface area contributed by atoms with Crippen LogP contribution in [0.2, 0.25) is 0 Å². The Labute approximate surface area is 169 Å². The summed E-state index contributed by atoms with van der Waals surface area (Å²) in [7, 11) is 1.81. The van der Waals surface area contributed by atoms with Gasteiger partial charge in [-0.1, -0.05) is 37.3 Å². The number of likely N-dealkylation sites (N-methyl/N-ethyl adjacent to an activating group) is 1. The van der Waals surface area contributed by atoms with Crippen molar-refractivity contribution in [3.8, 4) is 22.8 Å². The van der Waals surface area contributed by atoms with Crippen molar-refractivity contribution in [2.45, 2.75) is 31.7 Å². The fourth-order valence-corrected chi connectivity index (χ4v) is 4.57. The Morgan fingerprint density at radius 1 is 1.07 bits per heavy atom. The van der Waals surface area contributed by atoms with E-state index in [4.69, 9.17) is 4.98 Å². The van der Waals surface area contributed by atoms with Gasteiger partial charge in [-0.25, -0.2) is 15.0 Å². The molecule has 0 N–H and O–H groups in total. The third-order valence-corrected chi connectivity index (χ3v) is 6.10. The van der Waals surface area contributed by atoms with Crippen molar-refractivity contribution in [2.75, 3.05) is 23.4 Å². The topological polar surface area (TPSA) is 75.1 Å². The number of carbonyl (C=O) groups is 1. The molecule has 0 saturated carbocycles. The molecular weight excluding hydrogens is 364 g/mol. The van der Waals surface area contributed by atoms with E-state index in [1.165, 1.54) is 0 Å². The van der Waals surface area contributed by atoms with Gasteiger partial charge in [0.2, 0.25) is 0 Å². The molecule has 1 saturated heterocycles. The minimum Gasteiger partial charge on any atom is -0.340 e. The van der Waals surface area contributed by atoms with E-state index in [0.29, 0.717) is 11.5 Å². The first-order chi connectivity index (χ1) is 14.2. The van der Waals surface area contributed by atoms with Gasteiger partial charge in [0, 0.05) is 31.5 Å². The average Bonchev–Trinajstić information content (AvgIpc) is 3.23. The van der Waals surface area contributed by atoms with Gasteiger partial charge in [-0.3, -0.25) is 9.78 Å². The first-order valence-electron chi connectivity index (χ1n) is 9.95. The zero-order valence-electron chi connectivity index (χ0n) is 16.5. The number of aromatic nitrogens is 4. The van der Waals surface area contributed by atoms with Crippen LogP contribution in [-0.4, -0.2) is 45.0 Å². The molecule has 0 bridgehead atoms. The van der Waals surface area contributed by atoms with E-state index in [9.17, 15) is 4.79 Å². The Hall–Kier alpha value is -3.35. The Morgan fingerprint density at radius 3 is 2.59 bits per heavy atom. The van der Waals surface area contributed by atoms with E-state index < -0.39 is 5.54 Å². The van der Waals surface area contributed by atoms with Crippen molar-refractivity contribution in [1.29, 1.82) is 0 Å². The van der Waals surface area contributed by atoms with Gasteiger partial charge in [0.15, 0.2) is 11.6 Å². The smallest absolute Gasteiger partial charge is 0.252 e. The van der Waals surface area contributed by atoms with Gasteiger partial charge in [-0.05, 0) is 19.3 Å². The molecule has 1 amide bonds. The standard InChI is InChI=1S/C22H22N6O/c1-3-22-10-7-13-28(22)20-16(27(2)21(22)29)14-25-19(26-20)18-17(23-11-12-24-18)15-8-5-4-6-9-15/h4-6,8-9,11-12,14H,3,7,10,13H2,1-2H3. The van der Waals surface area contributed by atoms with E-state index >= 15 is 0 Å². The van der Waals surface area contributed by atoms with Crippen molar-refractivity contribution in [3.05, 3.63) is 48.9 Å². The van der Waals surface area contributed by atoms with Gasteiger partial charge < -0.3 is 9.80 Å². The molecule has 29 heavy (non-hydrogen) atoms. The maximum Gasteiger partial charge on any atom is 0.252 e. The van der Waals surface area contributed by atoms with Gasteiger partial charge >= 0.3 is 0 Å². The normalized spacial score (nSPS) is 20.6. The molecular formula is C22H22N6O. The second-order valence-corrected chi connectivity index (χ2v) is 7.53. The van der Waals surface area contributed by atoms with Gasteiger partial charge in [0.25, 0.3) is 5.91 Å². The SMILES string of the molecule is CCC12CCCN1c1nc(-c3nccnc3-c3ccccc3)ncc1N(C)C2=O. The minimum absolute atomic E-state index is 0.130. The maximum absolute atomic E-state index is 13.1. The number of amides is 1. The highest BCUT2D eigenvalue weighted by molar-refractivity contribution is 6.07. The van der Waals surface area contributed by atoms with Crippen LogP contribution in [0, 0.1) is 0 Å². The highest BCUT2D eigenvalue weighted by atomic mass is 16.2. The van der Waals surface area contributed by atoms with Crippen LogP contribution in [0.4, 0.5) is 11.5 Å². The monoisotopic (exact) mass is 386 g/mol. The second-order valence-electron chi connectivity index (χ2n) is 7.53. The Morgan fingerprint density at radius 2 is 1.83 bits per heavy atom. The number of nitrogens with zero attached hydrogens (tertiary/aromatic N) is 6. The number of benzene rings is 1. The Balaban J connectivity index is 1.67. The first-order valence-corrected chi connectivity index (χ1v) is 9.95. The molecule has 2 aliphatic heterocycles. The number of anilines is 2. The number of rotatable bonds is 3. The highest BCUT2D eigenvalue weighted by Crippen LogP contribution is 2.46. The molecule has 4 heterocycles. The van der Waals surface area contributed by atoms with Crippen molar-refractivity contribution >= 4 is 17.4 Å². The molecule has 5 rings (SSSR count). The van der Waals surface area contributed by atoms with E-state index in [-0.39, 0.29) is 5.91 Å². The molecule has 1 aromatic carbocycles. The third kappa shape index (κ3) is 2.53. The van der Waals surface area contributed by atoms with Crippen molar-refractivity contribution < 1.29 is 4.79 Å². The number of hydrogen-bond donors (Lipinski definition) is 0. The Kier molecular flexibility index (Phi) is 4.04. The molecule has 0 radical (unpaired) electrons. The molecule has 0 aliphatic carbocycles. The molecule has 3 aromatic rings. The molecule has 1 atom stereocenters. The molecule has 146 valence electrons. The van der Waals surface area contributed by atoms with Crippen LogP contribution in [-0.2, 0) is 4.79 Å². The highest BCUT2D eigenvalue weighted by Gasteiger charge is 2.52. The summed E-state index contributed by atoms with van der Waals surface area (Å²) in [5.74, 6) is 1.46. The number of carbonyl (C=O) groups excluding carboxylic acids is 1. The van der Waals surface area contributed by atoms with E-state index in [0.717, 1.165) is 48.6 Å². The van der Waals surface area contributed by atoms with Gasteiger partial charge in [-0.15, -0.1) is 0 Å². The summed E-state index contributed by atoms with van der Waals surface area (Å²) < 4.78 is 0. The maximum atomic E-state index is 13.1. The zero-order valence-corrected chi connectivity index (χ0v) is 16.5. The second kappa shape index (κ2) is 6.62. The largest absolute Gasteiger partial charge is 0.340 e. The predicted octanol–water partition coefficient (Wildman–Crippen LogP) is 3.33. The van der Waals surface area contributed by atoms with Crippen LogP contribution in [0.15, 0.2) is 48.9 Å². The number of hydrogen-bond acceptors (Lipinski definition) is 6. The Bertz CT molecular complexity index is 1090. The summed E-state index contributed by atoms with van der Waals surface area (Å²) in [5.41, 5.74) is 2.60. The van der Waals surface area contributed by atoms with Gasteiger partial charge in [-0.2, -0.15) is 0 Å². The number of fused-ring (bicyclic) bond motifs is 3. The van der Waals surface area contributed by atoms with Crippen molar-refractivity contribution in [2.24, 2.45) is 0 Å². The van der Waals surface area contributed by atoms with Crippen LogP contribution in [0.25, 0.3) is 22.8 Å². The molecule has 0 spiro atoms. The van der Waals surface area contributed by atoms with Crippen LogP contribution < -0.4 is 9.80 Å². The van der Waals surface area contributed by atoms with Crippen molar-refractivity contribution in [1.82, 2.24) is 19.9 Å². The zero-order chi connectivity index (χ0) is 20.0. The molecule has 1 fully saturated rings. The minimum atomic E-state index is -0.502. The van der Waals surface area contributed by atoms with Crippen LogP contribution >= 0.6 is 0 Å². The average molecular weight is 386 g/mol. The van der Waals surface area contributed by atoms with E-state index in [2.05, 4.69) is 26.8 Å². The lowest BCUT2D eigenvalue weighted by Gasteiger charge is -2.45. The molecule has 7 heteroatoms. The summed E-state index contributed by atoms with van der Waals surface area (Å²) >= 11 is 0. The van der Waals surface area contributed by atoms with Crippen LogP contribution in [0.5, 0.6) is 0 Å². The quantitative estimate of drug-likeness (QED) is 0.687. The van der Waals surface area contributed by atoms with Crippen LogP contribution in [0.1, 0.15) is 26.2 Å².